The molecule has 2 aliphatic heterocycles. The number of hydrogen-bond donors (Lipinski definition) is 3. The first-order valence-corrected chi connectivity index (χ1v) is 12.8. The van der Waals surface area contributed by atoms with Crippen LogP contribution < -0.4 is 16.0 Å². The van der Waals surface area contributed by atoms with Crippen molar-refractivity contribution in [2.24, 2.45) is 17.8 Å². The standard InChI is InChI=1S/C25H28F3N7O4/c1-11-20(34-39-33-11)21-15-8-14(15)19(12-3-4-12)22(32-21)23(36)31-18-7-13(5-6-29-18)16(10-38-2)35-9-17(25(26,27)28)30-24(35)37/h5-7,12,14,16-17,19,22,32H,3-4,8-10H2,1-2H3,(H,30,37)(H,29,31,36)/t14?,16-,17+,19?,22+/m1/s1. The predicted molar refractivity (Wildman–Crippen MR) is 130 cm³/mol. The Morgan fingerprint density at radius 3 is 2.74 bits per heavy atom. The number of methoxy groups -OCH3 is 1. The van der Waals surface area contributed by atoms with E-state index in [9.17, 15) is 22.8 Å². The van der Waals surface area contributed by atoms with E-state index in [2.05, 4.69) is 25.9 Å². The van der Waals surface area contributed by atoms with Crippen molar-refractivity contribution in [2.45, 2.75) is 50.5 Å². The van der Waals surface area contributed by atoms with Crippen molar-refractivity contribution in [3.63, 3.8) is 0 Å². The van der Waals surface area contributed by atoms with Gasteiger partial charge in [-0.05, 0) is 72.4 Å². The zero-order valence-electron chi connectivity index (χ0n) is 21.3. The topological polar surface area (TPSA) is 135 Å². The molecule has 3 N–H and O–H groups in total. The number of ether oxygens (including phenoxy) is 1. The van der Waals surface area contributed by atoms with E-state index in [1.165, 1.54) is 18.9 Å². The number of pyridine rings is 1. The average molecular weight is 548 g/mol. The molecule has 6 rings (SSSR count). The number of aromatic nitrogens is 3. The Labute approximate surface area is 221 Å². The largest absolute Gasteiger partial charge is 0.410 e. The first-order chi connectivity index (χ1) is 18.7. The average Bonchev–Trinajstić information content (AvgIpc) is 3.80. The summed E-state index contributed by atoms with van der Waals surface area (Å²) in [5, 5.41) is 16.2. The van der Waals surface area contributed by atoms with Crippen molar-refractivity contribution in [1.82, 2.24) is 30.8 Å². The number of anilines is 1. The number of nitrogens with one attached hydrogen (secondary N) is 3. The lowest BCUT2D eigenvalue weighted by Gasteiger charge is -2.32. The van der Waals surface area contributed by atoms with E-state index in [0.717, 1.165) is 29.9 Å². The zero-order chi connectivity index (χ0) is 27.5. The molecule has 11 nitrogen and oxygen atoms in total. The number of aryl methyl sites for hydroxylation is 1. The number of hydrogen-bond acceptors (Lipinski definition) is 8. The molecule has 0 radical (unpaired) electrons. The van der Waals surface area contributed by atoms with Crippen LogP contribution in [0, 0.1) is 24.7 Å². The number of carbonyl (C=O) groups excluding carboxylic acids is 2. The van der Waals surface area contributed by atoms with Gasteiger partial charge in [0.25, 0.3) is 0 Å². The molecule has 0 aromatic carbocycles. The Morgan fingerprint density at radius 2 is 2.10 bits per heavy atom. The van der Waals surface area contributed by atoms with Crippen LogP contribution in [0.1, 0.15) is 42.3 Å². The second-order valence-corrected chi connectivity index (χ2v) is 10.6. The van der Waals surface area contributed by atoms with Crippen molar-refractivity contribution in [3.05, 3.63) is 40.9 Å². The summed E-state index contributed by atoms with van der Waals surface area (Å²) < 4.78 is 49.9. The number of carbonyl (C=O) groups is 2. The Morgan fingerprint density at radius 1 is 1.31 bits per heavy atom. The van der Waals surface area contributed by atoms with Gasteiger partial charge in [0.2, 0.25) is 5.91 Å². The molecule has 14 heteroatoms. The fraction of sp³-hybridized carbons (Fsp3) is 0.560. The minimum Gasteiger partial charge on any atom is -0.382 e. The first-order valence-electron chi connectivity index (χ1n) is 12.8. The van der Waals surface area contributed by atoms with Gasteiger partial charge in [-0.1, -0.05) is 5.16 Å². The van der Waals surface area contributed by atoms with Gasteiger partial charge in [-0.3, -0.25) is 4.79 Å². The van der Waals surface area contributed by atoms with Crippen molar-refractivity contribution in [1.29, 1.82) is 0 Å². The molecule has 3 fully saturated rings. The van der Waals surface area contributed by atoms with Gasteiger partial charge in [-0.25, -0.2) is 14.4 Å². The summed E-state index contributed by atoms with van der Waals surface area (Å²) in [6.45, 7) is 1.21. The minimum absolute atomic E-state index is 0.0347. The molecule has 0 bridgehead atoms. The molecule has 3 amide bonds. The van der Waals surface area contributed by atoms with Gasteiger partial charge in [0.05, 0.1) is 24.9 Å². The van der Waals surface area contributed by atoms with Gasteiger partial charge in [0.1, 0.15) is 23.6 Å². The highest BCUT2D eigenvalue weighted by Crippen LogP contribution is 2.58. The van der Waals surface area contributed by atoms with Gasteiger partial charge in [-0.2, -0.15) is 13.2 Å². The van der Waals surface area contributed by atoms with Crippen LogP contribution in [0.2, 0.25) is 0 Å². The van der Waals surface area contributed by atoms with E-state index in [1.54, 1.807) is 19.1 Å². The second kappa shape index (κ2) is 9.50. The molecule has 208 valence electrons. The Balaban J connectivity index is 1.22. The Bertz CT molecular complexity index is 1320. The molecule has 0 spiro atoms. The molecule has 2 saturated carbocycles. The van der Waals surface area contributed by atoms with Crippen LogP contribution in [0.5, 0.6) is 0 Å². The third-order valence-corrected chi connectivity index (χ3v) is 7.99. The number of fused-ring (bicyclic) bond motifs is 1. The predicted octanol–water partition coefficient (Wildman–Crippen LogP) is 2.78. The summed E-state index contributed by atoms with van der Waals surface area (Å²) in [6.07, 6.45) is -0.0844. The van der Waals surface area contributed by atoms with Crippen LogP contribution >= 0.6 is 0 Å². The van der Waals surface area contributed by atoms with Crippen LogP contribution in [-0.4, -0.2) is 70.7 Å². The molecule has 5 atom stereocenters. The van der Waals surface area contributed by atoms with Crippen LogP contribution in [0.25, 0.3) is 5.70 Å². The summed E-state index contributed by atoms with van der Waals surface area (Å²) in [6, 6.07) is -0.985. The number of alkyl halides is 3. The second-order valence-electron chi connectivity index (χ2n) is 10.6. The fourth-order valence-electron chi connectivity index (χ4n) is 5.87. The summed E-state index contributed by atoms with van der Waals surface area (Å²) in [7, 11) is 1.40. The molecule has 2 aliphatic carbocycles. The van der Waals surface area contributed by atoms with Crippen molar-refractivity contribution >= 4 is 23.5 Å². The highest BCUT2D eigenvalue weighted by atomic mass is 19.4. The third kappa shape index (κ3) is 4.81. The Hall–Kier alpha value is -3.68. The van der Waals surface area contributed by atoms with E-state index in [-0.39, 0.29) is 24.2 Å². The summed E-state index contributed by atoms with van der Waals surface area (Å²) in [4.78, 5) is 31.4. The number of halogens is 3. The third-order valence-electron chi connectivity index (χ3n) is 7.99. The van der Waals surface area contributed by atoms with Gasteiger partial charge in [0, 0.05) is 13.3 Å². The lowest BCUT2D eigenvalue weighted by atomic mass is 9.85. The molecule has 1 saturated heterocycles. The van der Waals surface area contributed by atoms with Crippen LogP contribution in [0.3, 0.4) is 0 Å². The zero-order valence-corrected chi connectivity index (χ0v) is 21.3. The number of amides is 3. The van der Waals surface area contributed by atoms with Crippen molar-refractivity contribution in [2.75, 3.05) is 25.6 Å². The smallest absolute Gasteiger partial charge is 0.382 e. The quantitative estimate of drug-likeness (QED) is 0.459. The normalized spacial score (nSPS) is 27.1. The molecule has 4 heterocycles. The van der Waals surface area contributed by atoms with E-state index >= 15 is 0 Å². The van der Waals surface area contributed by atoms with Gasteiger partial charge < -0.3 is 25.6 Å². The molecule has 39 heavy (non-hydrogen) atoms. The van der Waals surface area contributed by atoms with Crippen molar-refractivity contribution < 1.29 is 32.1 Å². The van der Waals surface area contributed by atoms with Crippen LogP contribution in [0.15, 0.2) is 28.5 Å². The SMILES string of the molecule is COC[C@H](c1ccnc(NC(=O)[C@H]2NC(c3nonc3C)=C3CC3C2C2CC2)c1)N1C[C@@H](C(F)(F)F)NC1=O. The molecular weight excluding hydrogens is 519 g/mol. The summed E-state index contributed by atoms with van der Waals surface area (Å²) >= 11 is 0. The Kier molecular flexibility index (Phi) is 6.24. The monoisotopic (exact) mass is 547 g/mol. The summed E-state index contributed by atoms with van der Waals surface area (Å²) in [5.74, 6) is 0.846. The van der Waals surface area contributed by atoms with Crippen LogP contribution in [0.4, 0.5) is 23.8 Å². The lowest BCUT2D eigenvalue weighted by Crippen LogP contribution is -2.48. The molecule has 2 aromatic rings. The first kappa shape index (κ1) is 25.6. The van der Waals surface area contributed by atoms with E-state index < -0.39 is 36.9 Å². The molecule has 4 aliphatic rings. The minimum atomic E-state index is -4.57. The van der Waals surface area contributed by atoms with E-state index in [1.807, 2.05) is 5.32 Å². The van der Waals surface area contributed by atoms with Gasteiger partial charge >= 0.3 is 12.2 Å². The maximum Gasteiger partial charge on any atom is 0.410 e. The van der Waals surface area contributed by atoms with Gasteiger partial charge in [-0.15, -0.1) is 0 Å². The van der Waals surface area contributed by atoms with Crippen molar-refractivity contribution in [3.8, 4) is 0 Å². The molecule has 2 unspecified atom stereocenters. The fourth-order valence-corrected chi connectivity index (χ4v) is 5.87. The van der Waals surface area contributed by atoms with E-state index in [0.29, 0.717) is 28.8 Å². The number of allylic oxidation sites excluding steroid dienone is 1. The maximum absolute atomic E-state index is 13.6. The highest BCUT2D eigenvalue weighted by molar-refractivity contribution is 5.96. The highest BCUT2D eigenvalue weighted by Gasteiger charge is 2.55. The number of nitrogens with zero attached hydrogens (tertiary/aromatic N) is 4. The van der Waals surface area contributed by atoms with E-state index in [4.69, 9.17) is 9.37 Å². The lowest BCUT2D eigenvalue weighted by molar-refractivity contribution is -0.150. The summed E-state index contributed by atoms with van der Waals surface area (Å²) in [5.41, 5.74) is 3.75. The molecule has 2 aromatic heterocycles. The number of urea groups is 1. The maximum atomic E-state index is 13.6. The van der Waals surface area contributed by atoms with Crippen LogP contribution in [-0.2, 0) is 9.53 Å². The molecular formula is C25H28F3N7O4. The number of rotatable bonds is 8. The van der Waals surface area contributed by atoms with Gasteiger partial charge in [0.15, 0.2) is 5.69 Å².